The molecule has 2 heterocycles. The van der Waals surface area contributed by atoms with Gasteiger partial charge in [0.2, 0.25) is 0 Å². The van der Waals surface area contributed by atoms with Crippen LogP contribution in [0, 0.1) is 31.0 Å². The fourth-order valence-corrected chi connectivity index (χ4v) is 4.18. The number of rotatable bonds is 4. The van der Waals surface area contributed by atoms with E-state index in [1.165, 1.54) is 17.7 Å². The maximum absolute atomic E-state index is 13.5. The van der Waals surface area contributed by atoms with Gasteiger partial charge in [0.05, 0.1) is 16.6 Å². The van der Waals surface area contributed by atoms with Gasteiger partial charge in [0.1, 0.15) is 17.7 Å². The van der Waals surface area contributed by atoms with Crippen LogP contribution in [0.5, 0.6) is 0 Å². The molecule has 4 nitrogen and oxygen atoms in total. The van der Waals surface area contributed by atoms with Crippen molar-refractivity contribution in [1.29, 1.82) is 5.26 Å². The van der Waals surface area contributed by atoms with E-state index in [-0.39, 0.29) is 5.82 Å². The molecular weight excluding hydrogens is 411 g/mol. The van der Waals surface area contributed by atoms with Gasteiger partial charge >= 0.3 is 0 Å². The van der Waals surface area contributed by atoms with Gasteiger partial charge in [-0.1, -0.05) is 42.5 Å². The van der Waals surface area contributed by atoms with Crippen molar-refractivity contribution in [3.8, 4) is 22.9 Å². The van der Waals surface area contributed by atoms with Crippen molar-refractivity contribution in [1.82, 2.24) is 14.5 Å². The van der Waals surface area contributed by atoms with Crippen LogP contribution < -0.4 is 0 Å². The van der Waals surface area contributed by atoms with Crippen LogP contribution in [0.1, 0.15) is 22.8 Å². The maximum Gasteiger partial charge on any atom is 0.149 e. The highest BCUT2D eigenvalue weighted by Crippen LogP contribution is 2.27. The molecule has 0 saturated heterocycles. The number of aryl methyl sites for hydroxylation is 1. The minimum absolute atomic E-state index is 0.345. The molecule has 0 bridgehead atoms. The van der Waals surface area contributed by atoms with Crippen molar-refractivity contribution in [3.63, 3.8) is 0 Å². The van der Waals surface area contributed by atoms with Crippen molar-refractivity contribution >= 4 is 22.7 Å². The van der Waals surface area contributed by atoms with E-state index in [2.05, 4.69) is 63.1 Å². The SMILES string of the molecule is Cc1cc(/C=C(\C#N)c2nc3ccc(F)cc3[nH]2)c(C)n1-c1ccc(-c2ccccc2)cc1. The first kappa shape index (κ1) is 20.5. The summed E-state index contributed by atoms with van der Waals surface area (Å²) < 4.78 is 15.7. The third-order valence-corrected chi connectivity index (χ3v) is 5.82. The quantitative estimate of drug-likeness (QED) is 0.316. The molecule has 0 atom stereocenters. The van der Waals surface area contributed by atoms with Gasteiger partial charge in [-0.05, 0) is 73.0 Å². The van der Waals surface area contributed by atoms with Crippen LogP contribution in [0.15, 0.2) is 78.9 Å². The molecule has 3 aromatic carbocycles. The van der Waals surface area contributed by atoms with Crippen LogP contribution in [-0.2, 0) is 0 Å². The Morgan fingerprint density at radius 3 is 2.42 bits per heavy atom. The summed E-state index contributed by atoms with van der Waals surface area (Å²) in [6, 6.07) is 27.4. The molecule has 5 rings (SSSR count). The fourth-order valence-electron chi connectivity index (χ4n) is 4.18. The molecule has 0 unspecified atom stereocenters. The van der Waals surface area contributed by atoms with Gasteiger partial charge in [-0.3, -0.25) is 0 Å². The number of nitrogens with zero attached hydrogens (tertiary/aromatic N) is 3. The fraction of sp³-hybridized carbons (Fsp3) is 0.0714. The Morgan fingerprint density at radius 2 is 1.70 bits per heavy atom. The van der Waals surface area contributed by atoms with E-state index in [0.717, 1.165) is 28.2 Å². The monoisotopic (exact) mass is 432 g/mol. The number of allylic oxidation sites excluding steroid dienone is 1. The zero-order chi connectivity index (χ0) is 22.9. The maximum atomic E-state index is 13.5. The summed E-state index contributed by atoms with van der Waals surface area (Å²) in [5.74, 6) is 0.0807. The number of imidazole rings is 1. The van der Waals surface area contributed by atoms with Gasteiger partial charge < -0.3 is 9.55 Å². The number of hydrogen-bond donors (Lipinski definition) is 1. The van der Waals surface area contributed by atoms with Crippen molar-refractivity contribution in [2.45, 2.75) is 13.8 Å². The molecule has 0 aliphatic heterocycles. The molecule has 1 N–H and O–H groups in total. The van der Waals surface area contributed by atoms with E-state index in [0.29, 0.717) is 22.4 Å². The number of hydrogen-bond acceptors (Lipinski definition) is 2. The Morgan fingerprint density at radius 1 is 0.970 bits per heavy atom. The molecule has 0 amide bonds. The highest BCUT2D eigenvalue weighted by molar-refractivity contribution is 5.90. The summed E-state index contributed by atoms with van der Waals surface area (Å²) in [4.78, 5) is 7.51. The van der Waals surface area contributed by atoms with E-state index < -0.39 is 0 Å². The number of H-pyrrole nitrogens is 1. The minimum atomic E-state index is -0.345. The lowest BCUT2D eigenvalue weighted by atomic mass is 10.1. The second kappa shape index (κ2) is 8.25. The number of benzene rings is 3. The van der Waals surface area contributed by atoms with Gasteiger partial charge in [0, 0.05) is 17.1 Å². The molecule has 160 valence electrons. The third kappa shape index (κ3) is 3.83. The van der Waals surface area contributed by atoms with E-state index in [1.807, 2.05) is 38.1 Å². The normalized spacial score (nSPS) is 11.6. The number of aromatic amines is 1. The first-order valence-corrected chi connectivity index (χ1v) is 10.7. The summed E-state index contributed by atoms with van der Waals surface area (Å²) in [6.07, 6.45) is 1.82. The smallest absolute Gasteiger partial charge is 0.149 e. The van der Waals surface area contributed by atoms with Crippen LogP contribution in [0.25, 0.3) is 39.5 Å². The first-order chi connectivity index (χ1) is 16.0. The zero-order valence-corrected chi connectivity index (χ0v) is 18.3. The predicted octanol–water partition coefficient (Wildman–Crippen LogP) is 6.84. The topological polar surface area (TPSA) is 57.4 Å². The third-order valence-electron chi connectivity index (χ3n) is 5.82. The van der Waals surface area contributed by atoms with E-state index in [4.69, 9.17) is 0 Å². The second-order valence-corrected chi connectivity index (χ2v) is 7.99. The molecule has 0 aliphatic carbocycles. The Kier molecular flexibility index (Phi) is 5.12. The van der Waals surface area contributed by atoms with Gasteiger partial charge in [-0.15, -0.1) is 0 Å². The first-order valence-electron chi connectivity index (χ1n) is 10.7. The van der Waals surface area contributed by atoms with Crippen molar-refractivity contribution in [2.75, 3.05) is 0 Å². The minimum Gasteiger partial charge on any atom is -0.337 e. The van der Waals surface area contributed by atoms with E-state index in [9.17, 15) is 9.65 Å². The number of nitrogens with one attached hydrogen (secondary N) is 1. The molecule has 0 fully saturated rings. The van der Waals surface area contributed by atoms with Crippen LogP contribution in [0.2, 0.25) is 0 Å². The lowest BCUT2D eigenvalue weighted by molar-refractivity contribution is 0.629. The average Bonchev–Trinajstić information content (AvgIpc) is 3.37. The highest BCUT2D eigenvalue weighted by Gasteiger charge is 2.13. The van der Waals surface area contributed by atoms with Crippen molar-refractivity contribution < 1.29 is 4.39 Å². The summed E-state index contributed by atoms with van der Waals surface area (Å²) in [6.45, 7) is 4.08. The number of aromatic nitrogens is 3. The van der Waals surface area contributed by atoms with Crippen LogP contribution >= 0.6 is 0 Å². The Balaban J connectivity index is 1.51. The van der Waals surface area contributed by atoms with Crippen molar-refractivity contribution in [3.05, 3.63) is 107 Å². The lowest BCUT2D eigenvalue weighted by Crippen LogP contribution is -1.99. The summed E-state index contributed by atoms with van der Waals surface area (Å²) in [7, 11) is 0. The molecule has 0 radical (unpaired) electrons. The Bertz CT molecular complexity index is 1530. The Hall–Kier alpha value is -4.43. The van der Waals surface area contributed by atoms with Gasteiger partial charge in [0.25, 0.3) is 0 Å². The molecular formula is C28H21FN4. The second-order valence-electron chi connectivity index (χ2n) is 7.99. The number of halogens is 1. The highest BCUT2D eigenvalue weighted by atomic mass is 19.1. The molecule has 0 saturated carbocycles. The van der Waals surface area contributed by atoms with Crippen LogP contribution in [-0.4, -0.2) is 14.5 Å². The van der Waals surface area contributed by atoms with Crippen molar-refractivity contribution in [2.24, 2.45) is 0 Å². The van der Waals surface area contributed by atoms with Gasteiger partial charge in [-0.25, -0.2) is 9.37 Å². The molecule has 5 heteroatoms. The van der Waals surface area contributed by atoms with Gasteiger partial charge in [0.15, 0.2) is 0 Å². The Labute approximate surface area is 191 Å². The summed E-state index contributed by atoms with van der Waals surface area (Å²) in [5, 5.41) is 9.78. The standard InChI is InChI=1S/C28H21FN4/c1-18-14-22(15-23(17-30)28-31-26-13-10-24(29)16-27(26)32-28)19(2)33(18)25-11-8-21(9-12-25)20-6-4-3-5-7-20/h3-16H,1-2H3,(H,31,32)/b23-15+. The van der Waals surface area contributed by atoms with E-state index in [1.54, 1.807) is 6.07 Å². The van der Waals surface area contributed by atoms with Gasteiger partial charge in [-0.2, -0.15) is 5.26 Å². The molecule has 5 aromatic rings. The summed E-state index contributed by atoms with van der Waals surface area (Å²) in [5.41, 5.74) is 8.00. The molecule has 0 aliphatic rings. The summed E-state index contributed by atoms with van der Waals surface area (Å²) >= 11 is 0. The molecule has 0 spiro atoms. The number of nitriles is 1. The average molecular weight is 433 g/mol. The zero-order valence-electron chi connectivity index (χ0n) is 18.3. The van der Waals surface area contributed by atoms with Crippen LogP contribution in [0.3, 0.4) is 0 Å². The largest absolute Gasteiger partial charge is 0.337 e. The molecule has 33 heavy (non-hydrogen) atoms. The predicted molar refractivity (Wildman–Crippen MR) is 130 cm³/mol. The lowest BCUT2D eigenvalue weighted by Gasteiger charge is -2.11. The van der Waals surface area contributed by atoms with Crippen LogP contribution in [0.4, 0.5) is 4.39 Å². The number of fused-ring (bicyclic) bond motifs is 1. The molecule has 2 aromatic heterocycles. The van der Waals surface area contributed by atoms with E-state index >= 15 is 0 Å².